The Labute approximate surface area is 107 Å². The maximum absolute atomic E-state index is 5.82. The highest BCUT2D eigenvalue weighted by molar-refractivity contribution is 5.01. The third-order valence-corrected chi connectivity index (χ3v) is 3.76. The first-order valence-electron chi connectivity index (χ1n) is 6.97. The Kier molecular flexibility index (Phi) is 3.35. The van der Waals surface area contributed by atoms with Gasteiger partial charge in [0.2, 0.25) is 11.7 Å². The highest BCUT2D eigenvalue weighted by Crippen LogP contribution is 2.32. The lowest BCUT2D eigenvalue weighted by Gasteiger charge is -2.30. The van der Waals surface area contributed by atoms with E-state index in [9.17, 15) is 0 Å². The van der Waals surface area contributed by atoms with Crippen LogP contribution in [-0.2, 0) is 16.8 Å². The summed E-state index contributed by atoms with van der Waals surface area (Å²) in [4.78, 5) is 4.48. The highest BCUT2D eigenvalue weighted by Gasteiger charge is 2.34. The number of hydrogen-bond acceptors (Lipinski definition) is 5. The smallest absolute Gasteiger partial charge is 0.228 e. The summed E-state index contributed by atoms with van der Waals surface area (Å²) in [7, 11) is 0. The Bertz CT molecular complexity index is 395. The van der Waals surface area contributed by atoms with Crippen molar-refractivity contribution in [3.63, 3.8) is 0 Å². The minimum absolute atomic E-state index is 0.343. The Morgan fingerprint density at radius 2 is 2.28 bits per heavy atom. The molecule has 0 aromatic carbocycles. The maximum Gasteiger partial charge on any atom is 0.228 e. The summed E-state index contributed by atoms with van der Waals surface area (Å²) in [5, 5.41) is 7.53. The minimum Gasteiger partial charge on any atom is -0.367 e. The van der Waals surface area contributed by atoms with Crippen molar-refractivity contribution < 1.29 is 9.26 Å². The molecule has 1 aliphatic carbocycles. The Morgan fingerprint density at radius 3 is 3.00 bits per heavy atom. The molecule has 0 amide bonds. The summed E-state index contributed by atoms with van der Waals surface area (Å²) in [5.41, 5.74) is -0.343. The molecule has 0 bridgehead atoms. The Balaban J connectivity index is 1.57. The van der Waals surface area contributed by atoms with Gasteiger partial charge in [0.1, 0.15) is 5.60 Å². The molecule has 1 saturated carbocycles. The molecule has 100 valence electrons. The van der Waals surface area contributed by atoms with Crippen molar-refractivity contribution in [3.05, 3.63) is 11.7 Å². The third kappa shape index (κ3) is 2.72. The van der Waals surface area contributed by atoms with Crippen LogP contribution in [0, 0.1) is 0 Å². The number of rotatable bonds is 5. The van der Waals surface area contributed by atoms with Gasteiger partial charge in [-0.1, -0.05) is 5.16 Å². The predicted molar refractivity (Wildman–Crippen MR) is 66.2 cm³/mol. The average Bonchev–Trinajstić information content (AvgIpc) is 3.06. The van der Waals surface area contributed by atoms with E-state index in [0.29, 0.717) is 11.7 Å². The van der Waals surface area contributed by atoms with E-state index in [-0.39, 0.29) is 5.60 Å². The van der Waals surface area contributed by atoms with Gasteiger partial charge in [-0.05, 0) is 39.0 Å². The Morgan fingerprint density at radius 1 is 1.39 bits per heavy atom. The van der Waals surface area contributed by atoms with Gasteiger partial charge in [-0.15, -0.1) is 0 Å². The van der Waals surface area contributed by atoms with Gasteiger partial charge < -0.3 is 14.6 Å². The van der Waals surface area contributed by atoms with E-state index >= 15 is 0 Å². The van der Waals surface area contributed by atoms with Crippen LogP contribution in [0.5, 0.6) is 0 Å². The molecule has 1 atom stereocenters. The molecule has 0 radical (unpaired) electrons. The van der Waals surface area contributed by atoms with Crippen molar-refractivity contribution in [1.29, 1.82) is 0 Å². The van der Waals surface area contributed by atoms with E-state index in [4.69, 9.17) is 9.26 Å². The summed E-state index contributed by atoms with van der Waals surface area (Å²) in [6, 6.07) is 0.728. The van der Waals surface area contributed by atoms with Gasteiger partial charge in [0, 0.05) is 25.6 Å². The second kappa shape index (κ2) is 4.97. The van der Waals surface area contributed by atoms with Crippen molar-refractivity contribution in [2.45, 2.75) is 57.1 Å². The summed E-state index contributed by atoms with van der Waals surface area (Å²) in [6.07, 6.45) is 6.70. The summed E-state index contributed by atoms with van der Waals surface area (Å²) < 4.78 is 11.1. The van der Waals surface area contributed by atoms with Crippen LogP contribution in [-0.4, -0.2) is 29.3 Å². The molecule has 2 aliphatic rings. The van der Waals surface area contributed by atoms with Crippen LogP contribution in [0.3, 0.4) is 0 Å². The van der Waals surface area contributed by atoms with Crippen molar-refractivity contribution in [3.8, 4) is 0 Å². The molecule has 5 heteroatoms. The van der Waals surface area contributed by atoms with Gasteiger partial charge >= 0.3 is 0 Å². The number of hydrogen-bond donors (Lipinski definition) is 1. The molecule has 1 N–H and O–H groups in total. The van der Waals surface area contributed by atoms with Gasteiger partial charge in [0.05, 0.1) is 0 Å². The second-order valence-corrected chi connectivity index (χ2v) is 5.53. The van der Waals surface area contributed by atoms with E-state index < -0.39 is 0 Å². The van der Waals surface area contributed by atoms with Crippen LogP contribution >= 0.6 is 0 Å². The van der Waals surface area contributed by atoms with E-state index in [1.165, 1.54) is 19.3 Å². The third-order valence-electron chi connectivity index (χ3n) is 3.76. The first-order valence-corrected chi connectivity index (χ1v) is 6.97. The molecule has 2 fully saturated rings. The fraction of sp³-hybridized carbons (Fsp3) is 0.846. The summed E-state index contributed by atoms with van der Waals surface area (Å²) >= 11 is 0. The van der Waals surface area contributed by atoms with E-state index in [2.05, 4.69) is 22.4 Å². The first kappa shape index (κ1) is 12.1. The topological polar surface area (TPSA) is 60.2 Å². The molecule has 2 heterocycles. The molecule has 3 rings (SSSR count). The lowest BCUT2D eigenvalue weighted by Crippen LogP contribution is -2.31. The zero-order chi connectivity index (χ0) is 12.4. The van der Waals surface area contributed by atoms with Gasteiger partial charge in [-0.25, -0.2) is 0 Å². The largest absolute Gasteiger partial charge is 0.367 e. The monoisotopic (exact) mass is 251 g/mol. The predicted octanol–water partition coefficient (Wildman–Crippen LogP) is 1.78. The molecular formula is C13H21N3O2. The van der Waals surface area contributed by atoms with Gasteiger partial charge in [-0.2, -0.15) is 4.98 Å². The number of aromatic nitrogens is 2. The summed E-state index contributed by atoms with van der Waals surface area (Å²) in [6.45, 7) is 3.77. The van der Waals surface area contributed by atoms with Crippen LogP contribution in [0.1, 0.15) is 50.7 Å². The van der Waals surface area contributed by atoms with Crippen molar-refractivity contribution >= 4 is 0 Å². The van der Waals surface area contributed by atoms with E-state index in [0.717, 1.165) is 38.5 Å². The van der Waals surface area contributed by atoms with Crippen molar-refractivity contribution in [2.75, 3.05) is 13.2 Å². The summed E-state index contributed by atoms with van der Waals surface area (Å²) in [5.74, 6) is 1.43. The molecule has 18 heavy (non-hydrogen) atoms. The molecule has 1 unspecified atom stereocenters. The van der Waals surface area contributed by atoms with Gasteiger partial charge in [0.15, 0.2) is 0 Å². The fourth-order valence-electron chi connectivity index (χ4n) is 2.35. The molecule has 5 nitrogen and oxygen atoms in total. The number of nitrogens with zero attached hydrogens (tertiary/aromatic N) is 2. The Hall–Kier alpha value is -0.940. The van der Waals surface area contributed by atoms with Crippen molar-refractivity contribution in [1.82, 2.24) is 15.5 Å². The molecular weight excluding hydrogens is 230 g/mol. The zero-order valence-corrected chi connectivity index (χ0v) is 10.9. The minimum atomic E-state index is -0.343. The lowest BCUT2D eigenvalue weighted by atomic mass is 9.95. The zero-order valence-electron chi connectivity index (χ0n) is 10.9. The quantitative estimate of drug-likeness (QED) is 0.864. The molecule has 1 aromatic rings. The normalized spacial score (nSPS) is 28.5. The van der Waals surface area contributed by atoms with Gasteiger partial charge in [-0.3, -0.25) is 0 Å². The lowest BCUT2D eigenvalue weighted by molar-refractivity contribution is -0.0770. The second-order valence-electron chi connectivity index (χ2n) is 5.53. The molecule has 1 aromatic heterocycles. The molecule has 1 aliphatic heterocycles. The average molecular weight is 251 g/mol. The van der Waals surface area contributed by atoms with Crippen LogP contribution in [0.25, 0.3) is 0 Å². The molecule has 1 saturated heterocycles. The highest BCUT2D eigenvalue weighted by atomic mass is 16.5. The fourth-order valence-corrected chi connectivity index (χ4v) is 2.35. The van der Waals surface area contributed by atoms with E-state index in [1.807, 2.05) is 0 Å². The van der Waals surface area contributed by atoms with Crippen LogP contribution in [0.15, 0.2) is 4.52 Å². The van der Waals surface area contributed by atoms with Gasteiger partial charge in [0.25, 0.3) is 0 Å². The molecule has 0 spiro atoms. The van der Waals surface area contributed by atoms with Crippen molar-refractivity contribution in [2.24, 2.45) is 0 Å². The van der Waals surface area contributed by atoms with Crippen LogP contribution < -0.4 is 5.32 Å². The first-order chi connectivity index (χ1) is 8.76. The van der Waals surface area contributed by atoms with Crippen LogP contribution in [0.4, 0.5) is 0 Å². The van der Waals surface area contributed by atoms with Crippen LogP contribution in [0.2, 0.25) is 0 Å². The van der Waals surface area contributed by atoms with E-state index in [1.54, 1.807) is 0 Å². The maximum atomic E-state index is 5.82. The number of nitrogens with one attached hydrogen (secondary N) is 1. The number of ether oxygens (including phenoxy) is 1. The standard InChI is InChI=1S/C13H21N3O2/c1-13(7-2-3-9-17-13)12-15-11(18-16-12)6-8-14-10-4-5-10/h10,14H,2-9H2,1H3. The SMILES string of the molecule is CC1(c2noc(CCNC3CC3)n2)CCCCO1.